The number of benzene rings is 2. The number of aryl methyl sites for hydroxylation is 1. The van der Waals surface area contributed by atoms with Gasteiger partial charge < -0.3 is 14.8 Å². The van der Waals surface area contributed by atoms with Gasteiger partial charge in [-0.15, -0.1) is 0 Å². The summed E-state index contributed by atoms with van der Waals surface area (Å²) in [5, 5.41) is 4.07. The van der Waals surface area contributed by atoms with Crippen molar-refractivity contribution in [2.75, 3.05) is 26.2 Å². The van der Waals surface area contributed by atoms with Gasteiger partial charge in [0.25, 0.3) is 5.91 Å². The molecule has 1 amide bonds. The number of aromatic nitrogens is 1. The fraction of sp³-hybridized carbons (Fsp3) is 0.400. The number of piperidine rings is 1. The molecule has 0 saturated carbocycles. The minimum Gasteiger partial charge on any atom is -0.352 e. The molecule has 1 saturated heterocycles. The summed E-state index contributed by atoms with van der Waals surface area (Å²) in [7, 11) is 0. The van der Waals surface area contributed by atoms with E-state index in [1.807, 2.05) is 37.3 Å². The largest absolute Gasteiger partial charge is 0.352 e. The molecule has 30 heavy (non-hydrogen) atoms. The van der Waals surface area contributed by atoms with Crippen LogP contribution in [0, 0.1) is 12.7 Å². The zero-order valence-corrected chi connectivity index (χ0v) is 17.8. The van der Waals surface area contributed by atoms with Crippen molar-refractivity contribution in [2.45, 2.75) is 39.2 Å². The molecule has 158 valence electrons. The fourth-order valence-electron chi connectivity index (χ4n) is 4.63. The monoisotopic (exact) mass is 407 g/mol. The SMILES string of the molecule is CCNC(=O)c1ccc2cc(C)n(C3CCN(CCc4ccccc4F)CC3)c2c1. The molecule has 4 nitrogen and oxygen atoms in total. The van der Waals surface area contributed by atoms with Crippen molar-refractivity contribution in [3.63, 3.8) is 0 Å². The molecule has 5 heteroatoms. The lowest BCUT2D eigenvalue weighted by molar-refractivity contribution is 0.0956. The van der Waals surface area contributed by atoms with E-state index in [1.54, 1.807) is 6.07 Å². The van der Waals surface area contributed by atoms with E-state index in [4.69, 9.17) is 0 Å². The van der Waals surface area contributed by atoms with E-state index in [2.05, 4.69) is 27.8 Å². The minimum absolute atomic E-state index is 0.0206. The quantitative estimate of drug-likeness (QED) is 0.642. The molecule has 1 fully saturated rings. The molecular weight excluding hydrogens is 377 g/mol. The summed E-state index contributed by atoms with van der Waals surface area (Å²) in [6.45, 7) is 7.62. The molecular formula is C25H30FN3O. The highest BCUT2D eigenvalue weighted by molar-refractivity contribution is 5.98. The van der Waals surface area contributed by atoms with Gasteiger partial charge in [-0.25, -0.2) is 4.39 Å². The van der Waals surface area contributed by atoms with Crippen LogP contribution in [0.3, 0.4) is 0 Å². The van der Waals surface area contributed by atoms with Crippen LogP contribution in [0.4, 0.5) is 4.39 Å². The molecule has 1 aromatic heterocycles. The van der Waals surface area contributed by atoms with E-state index in [0.29, 0.717) is 18.2 Å². The summed E-state index contributed by atoms with van der Waals surface area (Å²) in [6.07, 6.45) is 2.87. The number of carbonyl (C=O) groups is 1. The highest BCUT2D eigenvalue weighted by Crippen LogP contribution is 2.31. The molecule has 2 aromatic carbocycles. The summed E-state index contributed by atoms with van der Waals surface area (Å²) in [5.41, 5.74) is 3.89. The number of hydrogen-bond donors (Lipinski definition) is 1. The zero-order chi connectivity index (χ0) is 21.1. The van der Waals surface area contributed by atoms with Gasteiger partial charge in [0.2, 0.25) is 0 Å². The second-order valence-corrected chi connectivity index (χ2v) is 8.20. The summed E-state index contributed by atoms with van der Waals surface area (Å²) in [5.74, 6) is -0.127. The number of likely N-dealkylation sites (tertiary alicyclic amines) is 1. The third-order valence-electron chi connectivity index (χ3n) is 6.21. The Morgan fingerprint density at radius 3 is 2.63 bits per heavy atom. The van der Waals surface area contributed by atoms with Crippen molar-refractivity contribution in [3.8, 4) is 0 Å². The molecule has 0 unspecified atom stereocenters. The average Bonchev–Trinajstić information content (AvgIpc) is 3.08. The molecule has 0 atom stereocenters. The second kappa shape index (κ2) is 9.00. The van der Waals surface area contributed by atoms with Crippen molar-refractivity contribution in [1.82, 2.24) is 14.8 Å². The first-order valence-corrected chi connectivity index (χ1v) is 10.9. The highest BCUT2D eigenvalue weighted by atomic mass is 19.1. The topological polar surface area (TPSA) is 37.3 Å². The number of nitrogens with zero attached hydrogens (tertiary/aromatic N) is 2. The molecule has 0 bridgehead atoms. The van der Waals surface area contributed by atoms with Gasteiger partial charge in [0.15, 0.2) is 0 Å². The van der Waals surface area contributed by atoms with Crippen molar-refractivity contribution < 1.29 is 9.18 Å². The van der Waals surface area contributed by atoms with Crippen molar-refractivity contribution in [1.29, 1.82) is 0 Å². The normalized spacial score (nSPS) is 15.6. The number of hydrogen-bond acceptors (Lipinski definition) is 2. The molecule has 1 aliphatic heterocycles. The van der Waals surface area contributed by atoms with E-state index in [-0.39, 0.29) is 11.7 Å². The van der Waals surface area contributed by atoms with Crippen LogP contribution >= 0.6 is 0 Å². The van der Waals surface area contributed by atoms with E-state index in [0.717, 1.165) is 50.0 Å². The Bertz CT molecular complexity index is 1030. The maximum atomic E-state index is 13.9. The van der Waals surface area contributed by atoms with Crippen LogP contribution in [0.1, 0.15) is 47.4 Å². The van der Waals surface area contributed by atoms with Crippen LogP contribution in [0.15, 0.2) is 48.5 Å². The van der Waals surface area contributed by atoms with Gasteiger partial charge >= 0.3 is 0 Å². The number of nitrogens with one attached hydrogen (secondary N) is 1. The highest BCUT2D eigenvalue weighted by Gasteiger charge is 2.23. The third-order valence-corrected chi connectivity index (χ3v) is 6.21. The lowest BCUT2D eigenvalue weighted by atomic mass is 10.0. The molecule has 0 aliphatic carbocycles. The number of fused-ring (bicyclic) bond motifs is 1. The lowest BCUT2D eigenvalue weighted by Crippen LogP contribution is -2.36. The smallest absolute Gasteiger partial charge is 0.251 e. The van der Waals surface area contributed by atoms with E-state index in [1.165, 1.54) is 17.1 Å². The fourth-order valence-corrected chi connectivity index (χ4v) is 4.63. The molecule has 1 N–H and O–H groups in total. The van der Waals surface area contributed by atoms with Crippen LogP contribution in [-0.2, 0) is 6.42 Å². The predicted molar refractivity (Wildman–Crippen MR) is 119 cm³/mol. The van der Waals surface area contributed by atoms with Gasteiger partial charge in [-0.2, -0.15) is 0 Å². The van der Waals surface area contributed by atoms with Crippen LogP contribution in [0.5, 0.6) is 0 Å². The summed E-state index contributed by atoms with van der Waals surface area (Å²) in [4.78, 5) is 14.7. The van der Waals surface area contributed by atoms with Gasteiger partial charge in [-0.1, -0.05) is 24.3 Å². The molecule has 3 aromatic rings. The van der Waals surface area contributed by atoms with Gasteiger partial charge in [0.05, 0.1) is 0 Å². The van der Waals surface area contributed by atoms with Crippen molar-refractivity contribution in [3.05, 3.63) is 71.2 Å². The molecule has 0 radical (unpaired) electrons. The number of carbonyl (C=O) groups excluding carboxylic acids is 1. The number of rotatable bonds is 6. The predicted octanol–water partition coefficient (Wildman–Crippen LogP) is 4.72. The van der Waals surface area contributed by atoms with E-state index in [9.17, 15) is 9.18 Å². The third kappa shape index (κ3) is 4.26. The first-order chi connectivity index (χ1) is 14.6. The van der Waals surface area contributed by atoms with Crippen molar-refractivity contribution >= 4 is 16.8 Å². The average molecular weight is 408 g/mol. The Hall–Kier alpha value is -2.66. The van der Waals surface area contributed by atoms with Gasteiger partial charge in [-0.05, 0) is 68.3 Å². The number of halogens is 1. The van der Waals surface area contributed by atoms with Crippen molar-refractivity contribution in [2.24, 2.45) is 0 Å². The Morgan fingerprint density at radius 2 is 1.90 bits per heavy atom. The zero-order valence-electron chi connectivity index (χ0n) is 17.8. The molecule has 4 rings (SSSR count). The second-order valence-electron chi connectivity index (χ2n) is 8.20. The Labute approximate surface area is 177 Å². The van der Waals surface area contributed by atoms with Gasteiger partial charge in [0.1, 0.15) is 5.82 Å². The molecule has 0 spiro atoms. The van der Waals surface area contributed by atoms with Crippen LogP contribution in [0.25, 0.3) is 10.9 Å². The molecule has 1 aliphatic rings. The standard InChI is InChI=1S/C25H30FN3O/c1-3-27-25(30)21-9-8-20-16-18(2)29(24(20)17-21)22-11-14-28(15-12-22)13-10-19-6-4-5-7-23(19)26/h4-9,16-17,22H,3,10-15H2,1-2H3,(H,27,30). The van der Waals surface area contributed by atoms with E-state index >= 15 is 0 Å². The first-order valence-electron chi connectivity index (χ1n) is 10.9. The maximum Gasteiger partial charge on any atom is 0.251 e. The Kier molecular flexibility index (Phi) is 6.18. The Balaban J connectivity index is 1.45. The summed E-state index contributed by atoms with van der Waals surface area (Å²) in [6, 6.07) is 15.7. The summed E-state index contributed by atoms with van der Waals surface area (Å²) >= 11 is 0. The minimum atomic E-state index is -0.107. The Morgan fingerprint density at radius 1 is 1.13 bits per heavy atom. The van der Waals surface area contributed by atoms with Crippen LogP contribution in [0.2, 0.25) is 0 Å². The first kappa shape index (κ1) is 20.6. The van der Waals surface area contributed by atoms with Gasteiger partial charge in [-0.3, -0.25) is 4.79 Å². The van der Waals surface area contributed by atoms with Crippen LogP contribution in [-0.4, -0.2) is 41.6 Å². The lowest BCUT2D eigenvalue weighted by Gasteiger charge is -2.34. The van der Waals surface area contributed by atoms with Gasteiger partial charge in [0, 0.05) is 49.0 Å². The van der Waals surface area contributed by atoms with Crippen LogP contribution < -0.4 is 5.32 Å². The molecule has 2 heterocycles. The van der Waals surface area contributed by atoms with E-state index < -0.39 is 0 Å². The number of amides is 1. The maximum absolute atomic E-state index is 13.9. The summed E-state index contributed by atoms with van der Waals surface area (Å²) < 4.78 is 16.3.